The maximum absolute atomic E-state index is 12.5. The molecule has 0 spiro atoms. The highest BCUT2D eigenvalue weighted by Gasteiger charge is 2.21. The monoisotopic (exact) mass is 365 g/mol. The molecule has 0 unspecified atom stereocenters. The van der Waals surface area contributed by atoms with Crippen LogP contribution in [0.4, 0.5) is 16.2 Å². The third-order valence-corrected chi connectivity index (χ3v) is 6.64. The van der Waals surface area contributed by atoms with Crippen molar-refractivity contribution in [2.24, 2.45) is 0 Å². The fourth-order valence-corrected chi connectivity index (χ4v) is 4.91. The van der Waals surface area contributed by atoms with Crippen LogP contribution in [0.3, 0.4) is 0 Å². The van der Waals surface area contributed by atoms with E-state index in [-0.39, 0.29) is 10.2 Å². The number of hydrogen-bond acceptors (Lipinski definition) is 4. The maximum Gasteiger partial charge on any atom is 0.321 e. The Hall–Kier alpha value is -2.06. The molecule has 1 aliphatic rings. The van der Waals surface area contributed by atoms with Crippen LogP contribution in [-0.4, -0.2) is 32.4 Å². The second-order valence-electron chi connectivity index (χ2n) is 5.64. The van der Waals surface area contributed by atoms with Crippen molar-refractivity contribution in [3.05, 3.63) is 41.3 Å². The van der Waals surface area contributed by atoms with Crippen LogP contribution in [0.1, 0.15) is 17.7 Å². The van der Waals surface area contributed by atoms with Gasteiger partial charge in [0, 0.05) is 18.0 Å². The number of carbonyl (C=O) groups is 1. The fraction of sp³-hybridized carbons (Fsp3) is 0.312. The quantitative estimate of drug-likeness (QED) is 0.870. The summed E-state index contributed by atoms with van der Waals surface area (Å²) in [6.45, 7) is 3.32. The van der Waals surface area contributed by atoms with Gasteiger partial charge < -0.3 is 10.2 Å². The summed E-state index contributed by atoms with van der Waals surface area (Å²) in [7, 11) is -3.67. The van der Waals surface area contributed by atoms with Gasteiger partial charge in [-0.25, -0.2) is 13.2 Å². The molecule has 2 aromatic rings. The molecule has 2 N–H and O–H groups in total. The van der Waals surface area contributed by atoms with Gasteiger partial charge in [-0.05, 0) is 44.0 Å². The zero-order valence-corrected chi connectivity index (χ0v) is 14.9. The largest absolute Gasteiger partial charge is 0.325 e. The topological polar surface area (TPSA) is 78.5 Å². The summed E-state index contributed by atoms with van der Waals surface area (Å²) in [6, 6.07) is 9.94. The molecule has 6 nitrogen and oxygen atoms in total. The molecule has 128 valence electrons. The average molecular weight is 365 g/mol. The van der Waals surface area contributed by atoms with Gasteiger partial charge in [0.2, 0.25) is 0 Å². The van der Waals surface area contributed by atoms with E-state index < -0.39 is 10.0 Å². The molecule has 0 atom stereocenters. The number of para-hydroxylation sites is 2. The van der Waals surface area contributed by atoms with Gasteiger partial charge in [-0.3, -0.25) is 4.72 Å². The lowest BCUT2D eigenvalue weighted by atomic mass is 10.3. The van der Waals surface area contributed by atoms with E-state index in [0.717, 1.165) is 30.8 Å². The van der Waals surface area contributed by atoms with E-state index in [4.69, 9.17) is 0 Å². The number of anilines is 2. The Labute approximate surface area is 145 Å². The lowest BCUT2D eigenvalue weighted by Gasteiger charge is -2.18. The van der Waals surface area contributed by atoms with Crippen molar-refractivity contribution in [2.45, 2.75) is 24.0 Å². The lowest BCUT2D eigenvalue weighted by Crippen LogP contribution is -2.32. The van der Waals surface area contributed by atoms with Crippen molar-refractivity contribution in [1.29, 1.82) is 0 Å². The van der Waals surface area contributed by atoms with E-state index in [1.54, 1.807) is 41.3 Å². The van der Waals surface area contributed by atoms with Crippen LogP contribution in [0.5, 0.6) is 0 Å². The number of amides is 2. The molecule has 1 aromatic heterocycles. The lowest BCUT2D eigenvalue weighted by molar-refractivity contribution is 0.222. The van der Waals surface area contributed by atoms with Gasteiger partial charge in [-0.2, -0.15) is 0 Å². The molecule has 2 amide bonds. The van der Waals surface area contributed by atoms with Crippen LogP contribution < -0.4 is 10.0 Å². The number of benzene rings is 1. The van der Waals surface area contributed by atoms with E-state index in [1.165, 1.54) is 11.3 Å². The van der Waals surface area contributed by atoms with Gasteiger partial charge in [-0.1, -0.05) is 12.1 Å². The van der Waals surface area contributed by atoms with Gasteiger partial charge in [0.05, 0.1) is 11.4 Å². The molecule has 1 aliphatic heterocycles. The summed E-state index contributed by atoms with van der Waals surface area (Å²) in [5.41, 5.74) is 0.808. The first-order valence-electron chi connectivity index (χ1n) is 7.70. The summed E-state index contributed by atoms with van der Waals surface area (Å²) in [4.78, 5) is 14.9. The van der Waals surface area contributed by atoms with Crippen molar-refractivity contribution in [3.8, 4) is 0 Å². The number of rotatable bonds is 4. The van der Waals surface area contributed by atoms with E-state index in [1.807, 2.05) is 6.92 Å². The number of thiophene rings is 1. The molecule has 8 heteroatoms. The van der Waals surface area contributed by atoms with E-state index in [2.05, 4.69) is 10.0 Å². The molecule has 1 aromatic carbocycles. The minimum absolute atomic E-state index is 0.203. The molecule has 0 saturated carbocycles. The van der Waals surface area contributed by atoms with Crippen molar-refractivity contribution >= 4 is 38.8 Å². The van der Waals surface area contributed by atoms with Crippen LogP contribution >= 0.6 is 11.3 Å². The number of carbonyl (C=O) groups excluding carboxylic acids is 1. The Morgan fingerprint density at radius 1 is 1.08 bits per heavy atom. The second-order valence-corrected chi connectivity index (χ2v) is 8.84. The Balaban J connectivity index is 1.80. The van der Waals surface area contributed by atoms with Gasteiger partial charge in [-0.15, -0.1) is 11.3 Å². The normalized spacial score (nSPS) is 14.6. The minimum atomic E-state index is -3.67. The number of urea groups is 1. The fourth-order valence-electron chi connectivity index (χ4n) is 2.55. The Bertz CT molecular complexity index is 840. The van der Waals surface area contributed by atoms with Crippen LogP contribution in [0.15, 0.2) is 40.6 Å². The summed E-state index contributed by atoms with van der Waals surface area (Å²) < 4.78 is 27.8. The number of nitrogens with one attached hydrogen (secondary N) is 2. The smallest absolute Gasteiger partial charge is 0.321 e. The molecule has 0 aliphatic carbocycles. The third-order valence-electron chi connectivity index (χ3n) is 3.79. The van der Waals surface area contributed by atoms with Gasteiger partial charge in [0.1, 0.15) is 4.21 Å². The second kappa shape index (κ2) is 6.82. The first kappa shape index (κ1) is 16.8. The van der Waals surface area contributed by atoms with E-state index in [0.29, 0.717) is 11.4 Å². The molecular formula is C16H19N3O3S2. The minimum Gasteiger partial charge on any atom is -0.325 e. The first-order valence-corrected chi connectivity index (χ1v) is 10.00. The zero-order chi connectivity index (χ0) is 17.2. The Morgan fingerprint density at radius 3 is 2.38 bits per heavy atom. The van der Waals surface area contributed by atoms with E-state index in [9.17, 15) is 13.2 Å². The van der Waals surface area contributed by atoms with Crippen molar-refractivity contribution in [1.82, 2.24) is 4.90 Å². The SMILES string of the molecule is Cc1ccc(S(=O)(=O)Nc2ccccc2NC(=O)N2CCCC2)s1. The Kier molecular flexibility index (Phi) is 4.77. The molecule has 0 bridgehead atoms. The Morgan fingerprint density at radius 2 is 1.75 bits per heavy atom. The number of hydrogen-bond donors (Lipinski definition) is 2. The number of nitrogens with zero attached hydrogens (tertiary/aromatic N) is 1. The zero-order valence-electron chi connectivity index (χ0n) is 13.3. The van der Waals surface area contributed by atoms with Gasteiger partial charge >= 0.3 is 6.03 Å². The van der Waals surface area contributed by atoms with Crippen LogP contribution in [0.25, 0.3) is 0 Å². The molecule has 1 saturated heterocycles. The summed E-state index contributed by atoms with van der Waals surface area (Å²) >= 11 is 1.21. The van der Waals surface area contributed by atoms with Gasteiger partial charge in [0.15, 0.2) is 0 Å². The highest BCUT2D eigenvalue weighted by atomic mass is 32.2. The van der Waals surface area contributed by atoms with Gasteiger partial charge in [0.25, 0.3) is 10.0 Å². The molecule has 1 fully saturated rings. The van der Waals surface area contributed by atoms with Crippen molar-refractivity contribution in [2.75, 3.05) is 23.1 Å². The molecule has 0 radical (unpaired) electrons. The molecular weight excluding hydrogens is 346 g/mol. The molecule has 3 rings (SSSR count). The highest BCUT2D eigenvalue weighted by Crippen LogP contribution is 2.27. The van der Waals surface area contributed by atoms with Crippen molar-refractivity contribution in [3.63, 3.8) is 0 Å². The number of sulfonamides is 1. The predicted octanol–water partition coefficient (Wildman–Crippen LogP) is 3.49. The molecule has 2 heterocycles. The van der Waals surface area contributed by atoms with Crippen LogP contribution in [0.2, 0.25) is 0 Å². The number of aryl methyl sites for hydroxylation is 1. The van der Waals surface area contributed by atoms with E-state index >= 15 is 0 Å². The summed E-state index contributed by atoms with van der Waals surface area (Å²) in [6.07, 6.45) is 2.00. The first-order chi connectivity index (χ1) is 11.5. The standard InChI is InChI=1S/C16H19N3O3S2/c1-12-8-9-15(23-12)24(21,22)18-14-7-3-2-6-13(14)17-16(20)19-10-4-5-11-19/h2-3,6-9,18H,4-5,10-11H2,1H3,(H,17,20). The predicted molar refractivity (Wildman–Crippen MR) is 96.1 cm³/mol. The number of likely N-dealkylation sites (tertiary alicyclic amines) is 1. The average Bonchev–Trinajstić information content (AvgIpc) is 3.20. The van der Waals surface area contributed by atoms with Crippen LogP contribution in [-0.2, 0) is 10.0 Å². The maximum atomic E-state index is 12.5. The summed E-state index contributed by atoms with van der Waals surface area (Å²) in [5, 5.41) is 2.80. The van der Waals surface area contributed by atoms with Crippen LogP contribution in [0, 0.1) is 6.92 Å². The molecule has 24 heavy (non-hydrogen) atoms. The highest BCUT2D eigenvalue weighted by molar-refractivity contribution is 7.94. The third kappa shape index (κ3) is 3.70. The summed E-state index contributed by atoms with van der Waals surface area (Å²) in [5.74, 6) is 0. The van der Waals surface area contributed by atoms with Crippen molar-refractivity contribution < 1.29 is 13.2 Å².